The molecule has 1 saturated carbocycles. The summed E-state index contributed by atoms with van der Waals surface area (Å²) in [6.45, 7) is 1.91. The third-order valence-corrected chi connectivity index (χ3v) is 3.98. The summed E-state index contributed by atoms with van der Waals surface area (Å²) in [5.41, 5.74) is 1.68. The third-order valence-electron chi connectivity index (χ3n) is 3.54. The van der Waals surface area contributed by atoms with Crippen molar-refractivity contribution in [2.75, 3.05) is 5.32 Å². The van der Waals surface area contributed by atoms with Crippen LogP contribution in [0.4, 0.5) is 5.69 Å². The molecule has 98 valence electrons. The van der Waals surface area contributed by atoms with Crippen LogP contribution in [-0.4, -0.2) is 10.9 Å². The number of aryl methyl sites for hydroxylation is 1. The summed E-state index contributed by atoms with van der Waals surface area (Å²) in [7, 11) is 0. The van der Waals surface area contributed by atoms with E-state index >= 15 is 0 Å². The van der Waals surface area contributed by atoms with Crippen LogP contribution in [0.25, 0.3) is 0 Å². The van der Waals surface area contributed by atoms with Crippen LogP contribution < -0.4 is 5.32 Å². The van der Waals surface area contributed by atoms with Crippen molar-refractivity contribution in [1.82, 2.24) is 4.98 Å². The number of carbonyl (C=O) groups excluding carboxylic acids is 1. The van der Waals surface area contributed by atoms with Crippen molar-refractivity contribution in [2.24, 2.45) is 5.92 Å². The zero-order valence-electron chi connectivity index (χ0n) is 10.7. The largest absolute Gasteiger partial charge is 0.324 e. The van der Waals surface area contributed by atoms with Gasteiger partial charge in [0.2, 0.25) is 5.91 Å². The maximum atomic E-state index is 12.2. The van der Waals surface area contributed by atoms with Crippen molar-refractivity contribution in [3.05, 3.63) is 22.4 Å². The number of aromatic nitrogens is 1. The zero-order valence-corrected chi connectivity index (χ0v) is 12.3. The van der Waals surface area contributed by atoms with Gasteiger partial charge in [0.1, 0.15) is 4.60 Å². The summed E-state index contributed by atoms with van der Waals surface area (Å²) in [5.74, 6) is 0.333. The van der Waals surface area contributed by atoms with Crippen LogP contribution in [0.5, 0.6) is 0 Å². The molecule has 0 saturated heterocycles. The van der Waals surface area contributed by atoms with Gasteiger partial charge in [-0.05, 0) is 47.8 Å². The number of rotatable bonds is 2. The lowest BCUT2D eigenvalue weighted by Gasteiger charge is -2.15. The topological polar surface area (TPSA) is 42.0 Å². The fourth-order valence-electron chi connectivity index (χ4n) is 2.44. The van der Waals surface area contributed by atoms with Crippen LogP contribution in [0.15, 0.2) is 16.7 Å². The summed E-state index contributed by atoms with van der Waals surface area (Å²) in [6, 6.07) is 3.76. The van der Waals surface area contributed by atoms with E-state index in [-0.39, 0.29) is 11.8 Å². The predicted molar refractivity (Wildman–Crippen MR) is 76.5 cm³/mol. The molecule has 1 heterocycles. The van der Waals surface area contributed by atoms with Gasteiger partial charge in [0.05, 0.1) is 11.4 Å². The lowest BCUT2D eigenvalue weighted by molar-refractivity contribution is -0.120. The number of amides is 1. The van der Waals surface area contributed by atoms with E-state index in [1.165, 1.54) is 25.7 Å². The first-order valence-electron chi connectivity index (χ1n) is 6.61. The van der Waals surface area contributed by atoms with E-state index in [9.17, 15) is 4.79 Å². The van der Waals surface area contributed by atoms with Crippen LogP contribution in [-0.2, 0) is 4.79 Å². The molecule has 1 aromatic heterocycles. The molecule has 1 fully saturated rings. The first-order chi connectivity index (χ1) is 8.66. The van der Waals surface area contributed by atoms with E-state index in [2.05, 4.69) is 26.2 Å². The first-order valence-corrected chi connectivity index (χ1v) is 7.40. The zero-order chi connectivity index (χ0) is 13.0. The molecule has 2 rings (SSSR count). The van der Waals surface area contributed by atoms with Crippen molar-refractivity contribution in [2.45, 2.75) is 45.4 Å². The molecule has 4 heteroatoms. The highest BCUT2D eigenvalue weighted by atomic mass is 79.9. The normalized spacial score (nSPS) is 17.2. The molecule has 3 nitrogen and oxygen atoms in total. The summed E-state index contributed by atoms with van der Waals surface area (Å²) < 4.78 is 0.799. The molecule has 0 radical (unpaired) electrons. The van der Waals surface area contributed by atoms with E-state index < -0.39 is 0 Å². The minimum absolute atomic E-state index is 0.157. The molecule has 1 aliphatic carbocycles. The Hall–Kier alpha value is -0.900. The highest BCUT2D eigenvalue weighted by Gasteiger charge is 2.20. The number of halogens is 1. The molecule has 18 heavy (non-hydrogen) atoms. The smallest absolute Gasteiger partial charge is 0.227 e. The van der Waals surface area contributed by atoms with Crippen LogP contribution in [0.3, 0.4) is 0 Å². The van der Waals surface area contributed by atoms with Gasteiger partial charge >= 0.3 is 0 Å². The highest BCUT2D eigenvalue weighted by molar-refractivity contribution is 9.10. The van der Waals surface area contributed by atoms with Crippen molar-refractivity contribution < 1.29 is 4.79 Å². The van der Waals surface area contributed by atoms with Crippen LogP contribution in [0.1, 0.15) is 44.2 Å². The maximum absolute atomic E-state index is 12.2. The van der Waals surface area contributed by atoms with E-state index in [4.69, 9.17) is 0 Å². The Morgan fingerprint density at radius 2 is 1.94 bits per heavy atom. The van der Waals surface area contributed by atoms with Gasteiger partial charge in [-0.15, -0.1) is 0 Å². The Morgan fingerprint density at radius 3 is 2.56 bits per heavy atom. The lowest BCUT2D eigenvalue weighted by atomic mass is 9.99. The lowest BCUT2D eigenvalue weighted by Crippen LogP contribution is -2.22. The number of carbonyl (C=O) groups is 1. The Labute approximate surface area is 117 Å². The Kier molecular flexibility index (Phi) is 4.75. The SMILES string of the molecule is Cc1nc(Br)ccc1NC(=O)C1CCCCCC1. The first kappa shape index (κ1) is 13.5. The molecule has 0 unspecified atom stereocenters. The quantitative estimate of drug-likeness (QED) is 0.661. The van der Waals surface area contributed by atoms with Gasteiger partial charge in [0.25, 0.3) is 0 Å². The molecular weight excluding hydrogens is 292 g/mol. The fraction of sp³-hybridized carbons (Fsp3) is 0.571. The van der Waals surface area contributed by atoms with Crippen molar-refractivity contribution in [3.63, 3.8) is 0 Å². The van der Waals surface area contributed by atoms with E-state index in [1.807, 2.05) is 19.1 Å². The molecule has 1 aliphatic rings. The second kappa shape index (κ2) is 6.32. The van der Waals surface area contributed by atoms with Gasteiger partial charge in [0.15, 0.2) is 0 Å². The van der Waals surface area contributed by atoms with Gasteiger partial charge in [-0.2, -0.15) is 0 Å². The van der Waals surface area contributed by atoms with Crippen LogP contribution in [0.2, 0.25) is 0 Å². The molecular formula is C14H19BrN2O. The summed E-state index contributed by atoms with van der Waals surface area (Å²) >= 11 is 3.33. The Balaban J connectivity index is 2.01. The third kappa shape index (κ3) is 3.55. The van der Waals surface area contributed by atoms with E-state index in [0.717, 1.165) is 28.8 Å². The number of hydrogen-bond donors (Lipinski definition) is 1. The second-order valence-electron chi connectivity index (χ2n) is 4.94. The van der Waals surface area contributed by atoms with Gasteiger partial charge in [0, 0.05) is 5.92 Å². The molecule has 1 aromatic rings. The van der Waals surface area contributed by atoms with Gasteiger partial charge in [-0.25, -0.2) is 4.98 Å². The van der Waals surface area contributed by atoms with E-state index in [1.54, 1.807) is 0 Å². The summed E-state index contributed by atoms with van der Waals surface area (Å²) in [4.78, 5) is 16.5. The molecule has 0 bridgehead atoms. The average molecular weight is 311 g/mol. The molecule has 0 atom stereocenters. The van der Waals surface area contributed by atoms with Crippen LogP contribution in [0, 0.1) is 12.8 Å². The fourth-order valence-corrected chi connectivity index (χ4v) is 2.84. The predicted octanol–water partition coefficient (Wildman–Crippen LogP) is 4.06. The number of nitrogens with one attached hydrogen (secondary N) is 1. The molecule has 0 aliphatic heterocycles. The highest BCUT2D eigenvalue weighted by Crippen LogP contribution is 2.25. The van der Waals surface area contributed by atoms with Crippen molar-refractivity contribution in [1.29, 1.82) is 0 Å². The van der Waals surface area contributed by atoms with E-state index in [0.29, 0.717) is 0 Å². The van der Waals surface area contributed by atoms with Gasteiger partial charge in [-0.3, -0.25) is 4.79 Å². The number of hydrogen-bond acceptors (Lipinski definition) is 2. The Morgan fingerprint density at radius 1 is 1.28 bits per heavy atom. The average Bonchev–Trinajstić information content (AvgIpc) is 2.61. The summed E-state index contributed by atoms with van der Waals surface area (Å²) in [6.07, 6.45) is 6.93. The van der Waals surface area contributed by atoms with Gasteiger partial charge in [-0.1, -0.05) is 25.7 Å². The minimum Gasteiger partial charge on any atom is -0.324 e. The number of nitrogens with zero attached hydrogens (tertiary/aromatic N) is 1. The molecule has 1 N–H and O–H groups in total. The monoisotopic (exact) mass is 310 g/mol. The maximum Gasteiger partial charge on any atom is 0.227 e. The number of pyridine rings is 1. The van der Waals surface area contributed by atoms with Crippen LogP contribution >= 0.6 is 15.9 Å². The molecule has 0 aromatic carbocycles. The second-order valence-corrected chi connectivity index (χ2v) is 5.76. The van der Waals surface area contributed by atoms with Gasteiger partial charge < -0.3 is 5.32 Å². The molecule has 0 spiro atoms. The number of anilines is 1. The van der Waals surface area contributed by atoms with Crippen molar-refractivity contribution >= 4 is 27.5 Å². The Bertz CT molecular complexity index is 426. The minimum atomic E-state index is 0.157. The van der Waals surface area contributed by atoms with Crippen molar-refractivity contribution in [3.8, 4) is 0 Å². The molecule has 1 amide bonds. The standard InChI is InChI=1S/C14H19BrN2O/c1-10-12(8-9-13(15)16-10)17-14(18)11-6-4-2-3-5-7-11/h8-9,11H,2-7H2,1H3,(H,17,18). The summed E-state index contributed by atoms with van der Waals surface area (Å²) in [5, 5.41) is 3.01.